The van der Waals surface area contributed by atoms with Gasteiger partial charge in [0.1, 0.15) is 0 Å². The Morgan fingerprint density at radius 2 is 1.61 bits per heavy atom. The molecule has 0 spiro atoms. The van der Waals surface area contributed by atoms with Crippen LogP contribution in [-0.2, 0) is 16.2 Å². The first-order valence-electron chi connectivity index (χ1n) is 5.85. The Kier molecular flexibility index (Phi) is 4.54. The van der Waals surface area contributed by atoms with E-state index >= 15 is 0 Å². The Morgan fingerprint density at radius 1 is 0.957 bits per heavy atom. The van der Waals surface area contributed by atoms with E-state index in [1.165, 1.54) is 0 Å². The van der Waals surface area contributed by atoms with E-state index in [0.29, 0.717) is 24.3 Å². The van der Waals surface area contributed by atoms with Crippen molar-refractivity contribution in [2.45, 2.75) is 11.1 Å². The minimum absolute atomic E-state index is 0.288. The summed E-state index contributed by atoms with van der Waals surface area (Å²) in [6.45, 7) is 0. The van der Waals surface area contributed by atoms with Crippen molar-refractivity contribution in [1.82, 2.24) is 0 Å². The van der Waals surface area contributed by atoms with Gasteiger partial charge in [-0.2, -0.15) is 13.2 Å². The molecule has 0 aromatic heterocycles. The second-order valence-corrected chi connectivity index (χ2v) is 6.46. The predicted octanol–water partition coefficient (Wildman–Crippen LogP) is 4.44. The fraction of sp³-hybridized carbons (Fsp3) is 0.0769. The van der Waals surface area contributed by atoms with E-state index in [4.69, 9.17) is 11.6 Å². The van der Waals surface area contributed by atoms with E-state index in [1.807, 2.05) is 4.72 Å². The van der Waals surface area contributed by atoms with Crippen LogP contribution in [0.2, 0.25) is 5.02 Å². The number of rotatable bonds is 3. The molecule has 10 heteroatoms. The molecule has 0 radical (unpaired) electrons. The Labute approximate surface area is 132 Å². The molecule has 2 aromatic rings. The topological polar surface area (TPSA) is 46.2 Å². The largest absolute Gasteiger partial charge is 0.416 e. The van der Waals surface area contributed by atoms with Gasteiger partial charge in [-0.1, -0.05) is 11.6 Å². The lowest BCUT2D eigenvalue weighted by Gasteiger charge is -2.13. The molecule has 0 heterocycles. The maximum Gasteiger partial charge on any atom is 0.416 e. The first-order chi connectivity index (χ1) is 10.5. The second kappa shape index (κ2) is 5.97. The molecule has 0 aliphatic carbocycles. The average Bonchev–Trinajstić information content (AvgIpc) is 2.42. The minimum Gasteiger partial charge on any atom is -0.278 e. The maximum atomic E-state index is 13.1. The number of sulfonamides is 1. The van der Waals surface area contributed by atoms with Crippen LogP contribution in [0.3, 0.4) is 0 Å². The lowest BCUT2D eigenvalue weighted by Crippen LogP contribution is -2.15. The van der Waals surface area contributed by atoms with E-state index in [1.54, 1.807) is 0 Å². The molecule has 0 unspecified atom stereocenters. The summed E-state index contributed by atoms with van der Waals surface area (Å²) in [5.74, 6) is -2.68. The Balaban J connectivity index is 2.42. The summed E-state index contributed by atoms with van der Waals surface area (Å²) in [4.78, 5) is -0.662. The van der Waals surface area contributed by atoms with Gasteiger partial charge in [-0.25, -0.2) is 17.2 Å². The quantitative estimate of drug-likeness (QED) is 0.811. The molecule has 0 fully saturated rings. The highest BCUT2D eigenvalue weighted by atomic mass is 35.5. The van der Waals surface area contributed by atoms with Crippen molar-refractivity contribution in [1.29, 1.82) is 0 Å². The summed E-state index contributed by atoms with van der Waals surface area (Å²) in [5.41, 5.74) is -1.66. The third kappa shape index (κ3) is 3.91. The molecular formula is C13H7ClF5NO2S. The zero-order valence-electron chi connectivity index (χ0n) is 11.0. The van der Waals surface area contributed by atoms with E-state index in [2.05, 4.69) is 0 Å². The average molecular weight is 372 g/mol. The van der Waals surface area contributed by atoms with Gasteiger partial charge in [-0.05, 0) is 36.4 Å². The van der Waals surface area contributed by atoms with Gasteiger partial charge in [0.2, 0.25) is 0 Å². The van der Waals surface area contributed by atoms with Crippen molar-refractivity contribution < 1.29 is 30.4 Å². The molecule has 0 atom stereocenters. The summed E-state index contributed by atoms with van der Waals surface area (Å²) in [6, 6.07) is 3.80. The van der Waals surface area contributed by atoms with Crippen LogP contribution in [0.15, 0.2) is 41.3 Å². The van der Waals surface area contributed by atoms with Crippen LogP contribution >= 0.6 is 11.6 Å². The van der Waals surface area contributed by atoms with Gasteiger partial charge in [0, 0.05) is 0 Å². The van der Waals surface area contributed by atoms with Gasteiger partial charge in [0.05, 0.1) is 21.2 Å². The van der Waals surface area contributed by atoms with Crippen molar-refractivity contribution >= 4 is 27.3 Å². The van der Waals surface area contributed by atoms with Gasteiger partial charge in [0.25, 0.3) is 10.0 Å². The van der Waals surface area contributed by atoms with Gasteiger partial charge in [-0.3, -0.25) is 4.72 Å². The number of hydrogen-bond acceptors (Lipinski definition) is 2. The van der Waals surface area contributed by atoms with Gasteiger partial charge in [-0.15, -0.1) is 0 Å². The van der Waals surface area contributed by atoms with Gasteiger partial charge in [0.15, 0.2) is 11.6 Å². The first-order valence-corrected chi connectivity index (χ1v) is 7.71. The van der Waals surface area contributed by atoms with E-state index in [-0.39, 0.29) is 5.02 Å². The van der Waals surface area contributed by atoms with Gasteiger partial charge >= 0.3 is 6.18 Å². The monoisotopic (exact) mass is 371 g/mol. The summed E-state index contributed by atoms with van der Waals surface area (Å²) >= 11 is 5.67. The molecule has 3 nitrogen and oxygen atoms in total. The number of alkyl halides is 3. The molecule has 0 saturated heterocycles. The zero-order chi connectivity index (χ0) is 17.4. The Hall–Kier alpha value is -1.87. The zero-order valence-corrected chi connectivity index (χ0v) is 12.5. The predicted molar refractivity (Wildman–Crippen MR) is 73.6 cm³/mol. The third-order valence-electron chi connectivity index (χ3n) is 2.74. The van der Waals surface area contributed by atoms with Crippen LogP contribution in [0.1, 0.15) is 5.56 Å². The molecule has 0 saturated carbocycles. The van der Waals surface area contributed by atoms with Crippen molar-refractivity contribution in [2.24, 2.45) is 0 Å². The maximum absolute atomic E-state index is 13.1. The van der Waals surface area contributed by atoms with Gasteiger partial charge < -0.3 is 0 Å². The molecule has 0 aliphatic rings. The molecule has 2 rings (SSSR count). The normalized spacial score (nSPS) is 12.3. The minimum atomic E-state index is -4.70. The molecule has 23 heavy (non-hydrogen) atoms. The number of halogens is 6. The standard InChI is InChI=1S/C13H7ClF5NO2S/c14-9-3-1-7(13(17,18)19)5-12(9)20-23(21,22)8-2-4-10(15)11(16)6-8/h1-6,20H. The molecule has 124 valence electrons. The SMILES string of the molecule is O=S(=O)(Nc1cc(C(F)(F)F)ccc1Cl)c1ccc(F)c(F)c1. The fourth-order valence-corrected chi connectivity index (χ4v) is 2.93. The molecular weight excluding hydrogens is 365 g/mol. The number of hydrogen-bond donors (Lipinski definition) is 1. The van der Waals surface area contributed by atoms with Crippen molar-refractivity contribution in [3.05, 3.63) is 58.6 Å². The second-order valence-electron chi connectivity index (χ2n) is 4.37. The van der Waals surface area contributed by atoms with Crippen LogP contribution in [-0.4, -0.2) is 8.42 Å². The highest BCUT2D eigenvalue weighted by molar-refractivity contribution is 7.92. The summed E-state index contributed by atoms with van der Waals surface area (Å²) in [5, 5.41) is -0.288. The molecule has 0 bridgehead atoms. The van der Waals surface area contributed by atoms with Crippen LogP contribution in [0, 0.1) is 11.6 Å². The lowest BCUT2D eigenvalue weighted by molar-refractivity contribution is -0.137. The fourth-order valence-electron chi connectivity index (χ4n) is 1.63. The Morgan fingerprint density at radius 3 is 2.17 bits per heavy atom. The number of benzene rings is 2. The van der Waals surface area contributed by atoms with Crippen LogP contribution in [0.25, 0.3) is 0 Å². The Bertz CT molecular complexity index is 852. The summed E-state index contributed by atoms with van der Waals surface area (Å²) < 4.78 is 89.7. The molecule has 1 N–H and O–H groups in total. The lowest BCUT2D eigenvalue weighted by atomic mass is 10.2. The molecule has 0 aliphatic heterocycles. The van der Waals surface area contributed by atoms with E-state index in [9.17, 15) is 30.4 Å². The van der Waals surface area contributed by atoms with Crippen molar-refractivity contribution in [3.63, 3.8) is 0 Å². The van der Waals surface area contributed by atoms with Crippen molar-refractivity contribution in [2.75, 3.05) is 4.72 Å². The van der Waals surface area contributed by atoms with Crippen molar-refractivity contribution in [3.8, 4) is 0 Å². The van der Waals surface area contributed by atoms with Crippen LogP contribution in [0.4, 0.5) is 27.6 Å². The highest BCUT2D eigenvalue weighted by Gasteiger charge is 2.31. The van der Waals surface area contributed by atoms with E-state index in [0.717, 1.165) is 12.1 Å². The van der Waals surface area contributed by atoms with Crippen LogP contribution in [0.5, 0.6) is 0 Å². The van der Waals surface area contributed by atoms with Crippen LogP contribution < -0.4 is 4.72 Å². The summed E-state index contributed by atoms with van der Waals surface area (Å²) in [7, 11) is -4.45. The summed E-state index contributed by atoms with van der Waals surface area (Å²) in [6.07, 6.45) is -4.70. The first kappa shape index (κ1) is 17.5. The highest BCUT2D eigenvalue weighted by Crippen LogP contribution is 2.34. The molecule has 2 aromatic carbocycles. The number of anilines is 1. The molecule has 0 amide bonds. The number of nitrogens with one attached hydrogen (secondary N) is 1. The smallest absolute Gasteiger partial charge is 0.278 e. The third-order valence-corrected chi connectivity index (χ3v) is 4.43. The van der Waals surface area contributed by atoms with E-state index < -0.39 is 44.0 Å².